The van der Waals surface area contributed by atoms with E-state index in [1.54, 1.807) is 12.3 Å². The molecular weight excluding hydrogens is 520 g/mol. The van der Waals surface area contributed by atoms with Crippen molar-refractivity contribution in [2.45, 2.75) is 26.3 Å². The average molecular weight is 539 g/mol. The Kier molecular flexibility index (Phi) is 6.82. The van der Waals surface area contributed by atoms with E-state index >= 15 is 0 Å². The van der Waals surface area contributed by atoms with Gasteiger partial charge in [-0.3, -0.25) is 14.9 Å². The van der Waals surface area contributed by atoms with Crippen molar-refractivity contribution in [1.82, 2.24) is 24.7 Å². The molecule has 4 aromatic rings. The second-order valence-electron chi connectivity index (χ2n) is 8.04. The van der Waals surface area contributed by atoms with Crippen LogP contribution in [0.2, 0.25) is 5.15 Å². The van der Waals surface area contributed by atoms with Crippen LogP contribution in [0.1, 0.15) is 38.9 Å². The van der Waals surface area contributed by atoms with Gasteiger partial charge in [0.05, 0.1) is 36.1 Å². The minimum Gasteiger partial charge on any atom is -0.494 e. The maximum absolute atomic E-state index is 13.3. The van der Waals surface area contributed by atoms with Gasteiger partial charge in [0, 0.05) is 34.7 Å². The van der Waals surface area contributed by atoms with Crippen molar-refractivity contribution in [2.75, 3.05) is 12.4 Å². The Morgan fingerprint density at radius 1 is 1.31 bits per heavy atom. The third-order valence-corrected chi connectivity index (χ3v) is 7.10. The highest BCUT2D eigenvalue weighted by Crippen LogP contribution is 2.34. The highest BCUT2D eigenvalue weighted by molar-refractivity contribution is 7.15. The number of halogens is 1. The highest BCUT2D eigenvalue weighted by Gasteiger charge is 2.21. The number of rotatable bonds is 6. The number of aryl methyl sites for hydroxylation is 1. The summed E-state index contributed by atoms with van der Waals surface area (Å²) < 4.78 is 6.96. The predicted octanol–water partition coefficient (Wildman–Crippen LogP) is 4.25. The number of ether oxygens (including phenoxy) is 1. The van der Waals surface area contributed by atoms with Crippen LogP contribution in [-0.2, 0) is 6.54 Å². The number of hydrogen-bond acceptors (Lipinski definition) is 9. The van der Waals surface area contributed by atoms with Crippen LogP contribution in [0, 0.1) is 24.7 Å². The van der Waals surface area contributed by atoms with Crippen molar-refractivity contribution in [2.24, 2.45) is 5.92 Å². The fourth-order valence-electron chi connectivity index (χ4n) is 3.43. The molecule has 1 amide bonds. The molecule has 0 atom stereocenters. The van der Waals surface area contributed by atoms with Gasteiger partial charge in [-0.25, -0.2) is 9.97 Å². The number of carbonyl (C=O) groups excluding carboxylic acids is 1. The number of methoxy groups -OCH3 is 1. The van der Waals surface area contributed by atoms with Crippen LogP contribution in [0.25, 0.3) is 11.1 Å². The lowest BCUT2D eigenvalue weighted by atomic mass is 10.0. The molecule has 0 aliphatic heterocycles. The van der Waals surface area contributed by atoms with Crippen LogP contribution in [0.5, 0.6) is 5.75 Å². The molecule has 1 aliphatic carbocycles. The molecule has 9 nitrogen and oxygen atoms in total. The fraction of sp³-hybridized carbons (Fsp3) is 0.250. The molecule has 1 aliphatic rings. The lowest BCUT2D eigenvalue weighted by molar-refractivity contribution is 0.102. The third-order valence-electron chi connectivity index (χ3n) is 5.32. The molecule has 36 heavy (non-hydrogen) atoms. The summed E-state index contributed by atoms with van der Waals surface area (Å²) in [7, 11) is 1.49. The molecule has 1 saturated carbocycles. The second kappa shape index (κ2) is 10.2. The number of nitrogens with one attached hydrogen (secondary N) is 1. The molecule has 4 heterocycles. The second-order valence-corrected chi connectivity index (χ2v) is 10.5. The van der Waals surface area contributed by atoms with E-state index in [4.69, 9.17) is 16.3 Å². The fourth-order valence-corrected chi connectivity index (χ4v) is 4.79. The van der Waals surface area contributed by atoms with E-state index in [1.807, 2.05) is 12.3 Å². The maximum Gasteiger partial charge on any atom is 0.258 e. The molecule has 0 spiro atoms. The predicted molar refractivity (Wildman–Crippen MR) is 139 cm³/mol. The Labute approximate surface area is 219 Å². The normalized spacial score (nSPS) is 12.6. The van der Waals surface area contributed by atoms with Crippen molar-refractivity contribution in [3.63, 3.8) is 0 Å². The van der Waals surface area contributed by atoms with Gasteiger partial charge in [-0.2, -0.15) is 0 Å². The summed E-state index contributed by atoms with van der Waals surface area (Å²) in [5, 5.41) is 14.6. The monoisotopic (exact) mass is 538 g/mol. The summed E-state index contributed by atoms with van der Waals surface area (Å²) in [5.74, 6) is 6.41. The first-order valence-electron chi connectivity index (χ1n) is 10.9. The molecule has 5 rings (SSSR count). The molecule has 4 aromatic heterocycles. The minimum absolute atomic E-state index is 0.132. The lowest BCUT2D eigenvalue weighted by Gasteiger charge is -2.15. The zero-order chi connectivity index (χ0) is 25.2. The topological polar surface area (TPSA) is 112 Å². The molecule has 1 fully saturated rings. The van der Waals surface area contributed by atoms with Crippen molar-refractivity contribution in [3.05, 3.63) is 66.7 Å². The van der Waals surface area contributed by atoms with Gasteiger partial charge in [-0.1, -0.05) is 28.9 Å². The molecule has 0 radical (unpaired) electrons. The molecule has 12 heteroatoms. The van der Waals surface area contributed by atoms with Gasteiger partial charge in [-0.05, 0) is 31.8 Å². The van der Waals surface area contributed by atoms with Crippen LogP contribution in [-0.4, -0.2) is 37.7 Å². The SMILES string of the molecule is COc1cnc(Cl)cc1-c1cn(Cc2csc(C)n2)c(=O)cc1C(=O)Nc1nnc(C#CC2CC2)s1. The Hall–Kier alpha value is -3.59. The van der Waals surface area contributed by atoms with Gasteiger partial charge in [0.15, 0.2) is 5.01 Å². The number of aromatic nitrogens is 5. The number of anilines is 1. The van der Waals surface area contributed by atoms with Crippen LogP contribution in [0.15, 0.2) is 34.7 Å². The highest BCUT2D eigenvalue weighted by atomic mass is 35.5. The first-order valence-corrected chi connectivity index (χ1v) is 13.0. The molecule has 0 bridgehead atoms. The maximum atomic E-state index is 13.3. The summed E-state index contributed by atoms with van der Waals surface area (Å²) in [6.07, 6.45) is 5.28. The van der Waals surface area contributed by atoms with E-state index in [0.29, 0.717) is 27.8 Å². The number of hydrogen-bond donors (Lipinski definition) is 1. The van der Waals surface area contributed by atoms with Gasteiger partial charge >= 0.3 is 0 Å². The first-order chi connectivity index (χ1) is 17.4. The van der Waals surface area contributed by atoms with Gasteiger partial charge in [0.2, 0.25) is 5.13 Å². The molecule has 0 aromatic carbocycles. The lowest BCUT2D eigenvalue weighted by Crippen LogP contribution is -2.24. The molecule has 182 valence electrons. The van der Waals surface area contributed by atoms with E-state index in [0.717, 1.165) is 23.5 Å². The van der Waals surface area contributed by atoms with Crippen molar-refractivity contribution < 1.29 is 9.53 Å². The van der Waals surface area contributed by atoms with Gasteiger partial charge < -0.3 is 9.30 Å². The van der Waals surface area contributed by atoms with Crippen molar-refractivity contribution in [1.29, 1.82) is 0 Å². The average Bonchev–Trinajstić information content (AvgIpc) is 3.44. The third kappa shape index (κ3) is 5.46. The molecule has 0 saturated heterocycles. The zero-order valence-corrected chi connectivity index (χ0v) is 21.6. The molecular formula is C24H19ClN6O3S2. The largest absolute Gasteiger partial charge is 0.494 e. The number of carbonyl (C=O) groups is 1. The van der Waals surface area contributed by atoms with Crippen LogP contribution in [0.3, 0.4) is 0 Å². The summed E-state index contributed by atoms with van der Waals surface area (Å²) in [6, 6.07) is 2.87. The summed E-state index contributed by atoms with van der Waals surface area (Å²) in [6.45, 7) is 2.15. The first kappa shape index (κ1) is 24.1. The Bertz CT molecular complexity index is 1580. The van der Waals surface area contributed by atoms with E-state index in [1.165, 1.54) is 46.6 Å². The van der Waals surface area contributed by atoms with Crippen LogP contribution < -0.4 is 15.6 Å². The van der Waals surface area contributed by atoms with Crippen molar-refractivity contribution >= 4 is 45.3 Å². The van der Waals surface area contributed by atoms with Gasteiger partial charge in [-0.15, -0.1) is 21.5 Å². The van der Waals surface area contributed by atoms with E-state index in [2.05, 4.69) is 37.3 Å². The Morgan fingerprint density at radius 3 is 2.86 bits per heavy atom. The van der Waals surface area contributed by atoms with Crippen LogP contribution >= 0.6 is 34.3 Å². The van der Waals surface area contributed by atoms with Crippen LogP contribution in [0.4, 0.5) is 5.13 Å². The summed E-state index contributed by atoms with van der Waals surface area (Å²) in [5.41, 5.74) is 1.47. The number of pyridine rings is 2. The van der Waals surface area contributed by atoms with Gasteiger partial charge in [0.25, 0.3) is 11.5 Å². The number of nitrogens with zero attached hydrogens (tertiary/aromatic N) is 5. The van der Waals surface area contributed by atoms with Gasteiger partial charge in [0.1, 0.15) is 10.9 Å². The van der Waals surface area contributed by atoms with E-state index in [-0.39, 0.29) is 28.0 Å². The van der Waals surface area contributed by atoms with E-state index in [9.17, 15) is 9.59 Å². The zero-order valence-electron chi connectivity index (χ0n) is 19.2. The minimum atomic E-state index is -0.522. The summed E-state index contributed by atoms with van der Waals surface area (Å²) >= 11 is 8.85. The Balaban J connectivity index is 1.53. The molecule has 1 N–H and O–H groups in total. The smallest absolute Gasteiger partial charge is 0.258 e. The van der Waals surface area contributed by atoms with E-state index < -0.39 is 5.91 Å². The van der Waals surface area contributed by atoms with Crippen molar-refractivity contribution in [3.8, 4) is 28.7 Å². The Morgan fingerprint density at radius 2 is 2.14 bits per heavy atom. The number of thiazole rings is 1. The standard InChI is InChI=1S/C24H19ClN6O3S2/c1-13-27-15(12-35-13)10-31-11-18(16-7-20(25)26-9-19(16)34-2)17(8-22(31)32)23(33)28-24-30-29-21(36-24)6-5-14-3-4-14/h7-9,11-12,14H,3-4,10H2,1-2H3,(H,28,30,33). The summed E-state index contributed by atoms with van der Waals surface area (Å²) in [4.78, 5) is 34.9. The number of amides is 1. The molecule has 0 unspecified atom stereocenters. The quantitative estimate of drug-likeness (QED) is 0.288.